The summed E-state index contributed by atoms with van der Waals surface area (Å²) in [6.07, 6.45) is 0.728. The van der Waals surface area contributed by atoms with Crippen molar-refractivity contribution in [1.29, 1.82) is 0 Å². The number of rotatable bonds is 5. The molecule has 0 aliphatic heterocycles. The van der Waals surface area contributed by atoms with E-state index >= 15 is 0 Å². The molecule has 5 heteroatoms. The normalized spacial score (nSPS) is 10.9. The molecule has 0 spiro atoms. The second-order valence-corrected chi connectivity index (χ2v) is 3.49. The summed E-state index contributed by atoms with van der Waals surface area (Å²) < 4.78 is 0. The van der Waals surface area contributed by atoms with Crippen LogP contribution < -0.4 is 0 Å². The first-order valence-electron chi connectivity index (χ1n) is 4.36. The Morgan fingerprint density at radius 1 is 1.21 bits per heavy atom. The molecule has 0 saturated heterocycles. The van der Waals surface area contributed by atoms with Gasteiger partial charge in [-0.3, -0.25) is 9.59 Å². The molecule has 0 aromatic heterocycles. The zero-order chi connectivity index (χ0) is 10.6. The molecule has 0 amide bonds. The molecule has 0 aromatic carbocycles. The predicted molar refractivity (Wildman–Crippen MR) is 54.6 cm³/mol. The Morgan fingerprint density at radius 3 is 1.64 bits per heavy atom. The minimum atomic E-state index is -1.62. The van der Waals surface area contributed by atoms with Gasteiger partial charge in [0.2, 0.25) is 0 Å². The van der Waals surface area contributed by atoms with Gasteiger partial charge in [-0.1, -0.05) is 27.2 Å². The van der Waals surface area contributed by atoms with Gasteiger partial charge < -0.3 is 10.2 Å². The molecule has 78 valence electrons. The second-order valence-electron chi connectivity index (χ2n) is 3.49. The maximum atomic E-state index is 10.9. The monoisotopic (exact) mass is 196 g/mol. The third kappa shape index (κ3) is 2.76. The van der Waals surface area contributed by atoms with E-state index in [1.54, 1.807) is 20.8 Å². The minimum absolute atomic E-state index is 0. The van der Waals surface area contributed by atoms with E-state index in [2.05, 4.69) is 0 Å². The number of carboxylic acids is 2. The first-order valence-corrected chi connectivity index (χ1v) is 4.36. The van der Waals surface area contributed by atoms with Crippen molar-refractivity contribution in [3.63, 3.8) is 0 Å². The Balaban J connectivity index is 0. The molecular weight excluding hydrogens is 179 g/mol. The molecule has 0 fully saturated rings. The van der Waals surface area contributed by atoms with Gasteiger partial charge in [-0.05, 0) is 12.3 Å². The molecule has 4 nitrogen and oxygen atoms in total. The first-order chi connectivity index (χ1) is 5.89. The van der Waals surface area contributed by atoms with E-state index in [1.165, 1.54) is 0 Å². The maximum absolute atomic E-state index is 10.9. The van der Waals surface area contributed by atoms with Gasteiger partial charge in [0.05, 0.1) is 0 Å². The van der Waals surface area contributed by atoms with Gasteiger partial charge >= 0.3 is 30.8 Å². The quantitative estimate of drug-likeness (QED) is 0.507. The fraction of sp³-hybridized carbons (Fsp3) is 0.778. The summed E-state index contributed by atoms with van der Waals surface area (Å²) in [4.78, 5) is 21.8. The molecule has 0 heterocycles. The van der Waals surface area contributed by atoms with Crippen molar-refractivity contribution in [2.24, 2.45) is 11.3 Å². The van der Waals surface area contributed by atoms with Crippen molar-refractivity contribution >= 4 is 30.8 Å². The van der Waals surface area contributed by atoms with Crippen LogP contribution in [0.15, 0.2) is 0 Å². The van der Waals surface area contributed by atoms with Crippen molar-refractivity contribution in [3.05, 3.63) is 0 Å². The molecule has 0 rings (SSSR count). The Morgan fingerprint density at radius 2 is 1.57 bits per heavy atom. The molecule has 0 aromatic rings. The molecule has 0 aliphatic rings. The third-order valence-corrected chi connectivity index (χ3v) is 2.39. The van der Waals surface area contributed by atoms with Crippen LogP contribution in [0.25, 0.3) is 0 Å². The van der Waals surface area contributed by atoms with Crippen LogP contribution in [0.4, 0.5) is 0 Å². The van der Waals surface area contributed by atoms with Gasteiger partial charge in [0.15, 0.2) is 5.41 Å². The van der Waals surface area contributed by atoms with Crippen LogP contribution in [0.5, 0.6) is 0 Å². The molecular formula is C9H17LiO4. The molecule has 0 atom stereocenters. The van der Waals surface area contributed by atoms with Crippen LogP contribution in [-0.2, 0) is 9.59 Å². The molecule has 0 bridgehead atoms. The Kier molecular flexibility index (Phi) is 6.97. The fourth-order valence-electron chi connectivity index (χ4n) is 1.48. The predicted octanol–water partition coefficient (Wildman–Crippen LogP) is 0.950. The number of hydrogen-bond acceptors (Lipinski definition) is 2. The van der Waals surface area contributed by atoms with E-state index in [-0.39, 0.29) is 25.3 Å². The Hall–Kier alpha value is -0.463. The number of carbonyl (C=O) groups is 2. The Bertz CT molecular complexity index is 199. The summed E-state index contributed by atoms with van der Waals surface area (Å²) in [6.45, 7) is 5.03. The standard InChI is InChI=1S/C9H16O4.Li.H/c1-4-5-9(6(2)3,7(10)11)8(12)13;;/h6H,4-5H2,1-3H3,(H,10,11)(H,12,13);;. The summed E-state index contributed by atoms with van der Waals surface area (Å²) in [5, 5.41) is 17.8. The molecule has 14 heavy (non-hydrogen) atoms. The number of aliphatic carboxylic acids is 2. The van der Waals surface area contributed by atoms with Crippen molar-refractivity contribution in [2.45, 2.75) is 33.6 Å². The van der Waals surface area contributed by atoms with Gasteiger partial charge in [-0.15, -0.1) is 0 Å². The summed E-state index contributed by atoms with van der Waals surface area (Å²) in [5.41, 5.74) is -1.62. The van der Waals surface area contributed by atoms with Gasteiger partial charge in [-0.25, -0.2) is 0 Å². The number of hydrogen-bond donors (Lipinski definition) is 2. The molecule has 0 saturated carbocycles. The van der Waals surface area contributed by atoms with Gasteiger partial charge in [0.1, 0.15) is 0 Å². The van der Waals surface area contributed by atoms with Crippen molar-refractivity contribution < 1.29 is 19.8 Å². The van der Waals surface area contributed by atoms with Crippen molar-refractivity contribution in [2.75, 3.05) is 0 Å². The number of carboxylic acid groups (broad SMARTS) is 2. The van der Waals surface area contributed by atoms with Crippen LogP contribution >= 0.6 is 0 Å². The average Bonchev–Trinajstić information content (AvgIpc) is 1.97. The van der Waals surface area contributed by atoms with Crippen LogP contribution in [0, 0.1) is 11.3 Å². The fourth-order valence-corrected chi connectivity index (χ4v) is 1.48. The van der Waals surface area contributed by atoms with E-state index in [4.69, 9.17) is 10.2 Å². The van der Waals surface area contributed by atoms with E-state index in [1.807, 2.05) is 0 Å². The average molecular weight is 196 g/mol. The summed E-state index contributed by atoms with van der Waals surface area (Å²) in [7, 11) is 0. The third-order valence-electron chi connectivity index (χ3n) is 2.39. The van der Waals surface area contributed by atoms with Crippen LogP contribution in [0.1, 0.15) is 33.6 Å². The van der Waals surface area contributed by atoms with Crippen LogP contribution in [0.2, 0.25) is 0 Å². The van der Waals surface area contributed by atoms with Gasteiger partial charge in [0, 0.05) is 0 Å². The second kappa shape index (κ2) is 6.10. The molecule has 2 N–H and O–H groups in total. The van der Waals surface area contributed by atoms with Crippen molar-refractivity contribution in [3.8, 4) is 0 Å². The van der Waals surface area contributed by atoms with E-state index < -0.39 is 23.3 Å². The van der Waals surface area contributed by atoms with E-state index in [0.29, 0.717) is 6.42 Å². The van der Waals surface area contributed by atoms with E-state index in [9.17, 15) is 9.59 Å². The van der Waals surface area contributed by atoms with Gasteiger partial charge in [-0.2, -0.15) is 0 Å². The summed E-state index contributed by atoms with van der Waals surface area (Å²) in [6, 6.07) is 0. The first kappa shape index (κ1) is 16.0. The van der Waals surface area contributed by atoms with Crippen LogP contribution in [-0.4, -0.2) is 41.0 Å². The topological polar surface area (TPSA) is 74.6 Å². The van der Waals surface area contributed by atoms with Crippen molar-refractivity contribution in [1.82, 2.24) is 0 Å². The zero-order valence-electron chi connectivity index (χ0n) is 8.20. The summed E-state index contributed by atoms with van der Waals surface area (Å²) in [5.74, 6) is -2.88. The molecule has 0 radical (unpaired) electrons. The van der Waals surface area contributed by atoms with Crippen LogP contribution in [0.3, 0.4) is 0 Å². The Labute approximate surface area is 95.9 Å². The molecule has 0 aliphatic carbocycles. The summed E-state index contributed by atoms with van der Waals surface area (Å²) >= 11 is 0. The SMILES string of the molecule is CCCC(C(=O)O)(C(=O)O)C(C)C.[LiH]. The zero-order valence-corrected chi connectivity index (χ0v) is 8.20. The van der Waals surface area contributed by atoms with E-state index in [0.717, 1.165) is 0 Å². The van der Waals surface area contributed by atoms with Gasteiger partial charge in [0.25, 0.3) is 0 Å². The molecule has 0 unspecified atom stereocenters.